The van der Waals surface area contributed by atoms with E-state index in [1.807, 2.05) is 36.4 Å². The third-order valence-corrected chi connectivity index (χ3v) is 5.79. The van der Waals surface area contributed by atoms with Crippen LogP contribution < -0.4 is 10.6 Å². The average molecular weight is 378 g/mol. The molecule has 4 rings (SSSR count). The molecule has 0 bridgehead atoms. The third kappa shape index (κ3) is 4.07. The van der Waals surface area contributed by atoms with Crippen LogP contribution in [0, 0.1) is 0 Å². The van der Waals surface area contributed by atoms with E-state index in [1.165, 1.54) is 5.56 Å². The summed E-state index contributed by atoms with van der Waals surface area (Å²) in [6, 6.07) is 16.0. The Kier molecular flexibility index (Phi) is 5.39. The minimum atomic E-state index is -0.280. The quantitative estimate of drug-likeness (QED) is 0.833. The van der Waals surface area contributed by atoms with Gasteiger partial charge in [-0.05, 0) is 30.5 Å². The number of nitrogens with one attached hydrogen (secondary N) is 2. The highest BCUT2D eigenvalue weighted by molar-refractivity contribution is 5.79. The van der Waals surface area contributed by atoms with Gasteiger partial charge in [0, 0.05) is 31.6 Å². The molecule has 2 aromatic rings. The number of pyridine rings is 1. The van der Waals surface area contributed by atoms with Crippen LogP contribution in [0.3, 0.4) is 0 Å². The number of hydrogen-bond donors (Lipinski definition) is 2. The second-order valence-corrected chi connectivity index (χ2v) is 7.79. The van der Waals surface area contributed by atoms with Crippen molar-refractivity contribution in [3.63, 3.8) is 0 Å². The lowest BCUT2D eigenvalue weighted by Crippen LogP contribution is -2.56. The largest absolute Gasteiger partial charge is 0.349 e. The fourth-order valence-electron chi connectivity index (χ4n) is 4.53. The van der Waals surface area contributed by atoms with Crippen molar-refractivity contribution in [2.45, 2.75) is 37.3 Å². The number of carbonyl (C=O) groups excluding carboxylic acids is 2. The normalized spacial score (nSPS) is 24.9. The van der Waals surface area contributed by atoms with E-state index >= 15 is 0 Å². The zero-order chi connectivity index (χ0) is 19.4. The molecule has 1 aromatic heterocycles. The van der Waals surface area contributed by atoms with Gasteiger partial charge in [0.05, 0.1) is 24.3 Å². The highest BCUT2D eigenvalue weighted by Crippen LogP contribution is 2.41. The first-order chi connectivity index (χ1) is 13.6. The number of nitrogens with zero attached hydrogens (tertiary/aromatic N) is 2. The fourth-order valence-corrected chi connectivity index (χ4v) is 4.53. The molecule has 146 valence electrons. The Balaban J connectivity index is 1.44. The molecule has 6 heteroatoms. The molecular formula is C22H26N4O2. The maximum absolute atomic E-state index is 12.5. The topological polar surface area (TPSA) is 74.3 Å². The van der Waals surface area contributed by atoms with Crippen molar-refractivity contribution in [2.24, 2.45) is 0 Å². The maximum Gasteiger partial charge on any atom is 0.234 e. The van der Waals surface area contributed by atoms with Gasteiger partial charge in [0.25, 0.3) is 0 Å². The lowest BCUT2D eigenvalue weighted by molar-refractivity contribution is -0.125. The van der Waals surface area contributed by atoms with Crippen LogP contribution in [0.15, 0.2) is 54.7 Å². The smallest absolute Gasteiger partial charge is 0.234 e. The van der Waals surface area contributed by atoms with Crippen LogP contribution in [-0.4, -0.2) is 46.9 Å². The molecule has 1 aromatic carbocycles. The minimum absolute atomic E-state index is 0.0170. The van der Waals surface area contributed by atoms with Crippen LogP contribution in [0.2, 0.25) is 0 Å². The lowest BCUT2D eigenvalue weighted by atomic mass is 9.76. The molecule has 2 atom stereocenters. The van der Waals surface area contributed by atoms with E-state index in [0.717, 1.165) is 25.1 Å². The molecule has 2 aliphatic rings. The Morgan fingerprint density at radius 1 is 1.21 bits per heavy atom. The van der Waals surface area contributed by atoms with E-state index in [1.54, 1.807) is 6.20 Å². The molecule has 0 unspecified atom stereocenters. The predicted octanol–water partition coefficient (Wildman–Crippen LogP) is 1.84. The molecule has 0 saturated carbocycles. The number of rotatable bonds is 5. The first kappa shape index (κ1) is 18.6. The van der Waals surface area contributed by atoms with Gasteiger partial charge in [-0.1, -0.05) is 36.4 Å². The van der Waals surface area contributed by atoms with E-state index in [0.29, 0.717) is 26.1 Å². The van der Waals surface area contributed by atoms with Crippen molar-refractivity contribution in [2.75, 3.05) is 19.6 Å². The number of likely N-dealkylation sites (tertiary alicyclic amines) is 1. The Labute approximate surface area is 165 Å². The van der Waals surface area contributed by atoms with Gasteiger partial charge in [-0.15, -0.1) is 0 Å². The SMILES string of the molecule is O=C(CN1C[C@@H](c2ccccc2)[C@@]2(CCCC(=O)N2)C1)NCc1ccccn1. The molecule has 3 heterocycles. The Morgan fingerprint density at radius 3 is 2.79 bits per heavy atom. The van der Waals surface area contributed by atoms with E-state index in [-0.39, 0.29) is 23.3 Å². The fraction of sp³-hybridized carbons (Fsp3) is 0.409. The van der Waals surface area contributed by atoms with Crippen molar-refractivity contribution >= 4 is 11.8 Å². The molecule has 2 fully saturated rings. The summed E-state index contributed by atoms with van der Waals surface area (Å²) in [5, 5.41) is 6.23. The summed E-state index contributed by atoms with van der Waals surface area (Å²) in [6.45, 7) is 2.22. The van der Waals surface area contributed by atoms with E-state index in [9.17, 15) is 9.59 Å². The number of benzene rings is 1. The van der Waals surface area contributed by atoms with Gasteiger partial charge in [0.15, 0.2) is 0 Å². The van der Waals surface area contributed by atoms with Gasteiger partial charge in [-0.25, -0.2) is 0 Å². The van der Waals surface area contributed by atoms with E-state index in [4.69, 9.17) is 0 Å². The maximum atomic E-state index is 12.5. The average Bonchev–Trinajstić information content (AvgIpc) is 3.04. The Bertz CT molecular complexity index is 827. The van der Waals surface area contributed by atoms with Crippen LogP contribution in [0.1, 0.15) is 36.4 Å². The van der Waals surface area contributed by atoms with Crippen LogP contribution in [0.25, 0.3) is 0 Å². The van der Waals surface area contributed by atoms with Crippen molar-refractivity contribution < 1.29 is 9.59 Å². The van der Waals surface area contributed by atoms with Gasteiger partial charge in [0.2, 0.25) is 11.8 Å². The number of carbonyl (C=O) groups is 2. The third-order valence-electron chi connectivity index (χ3n) is 5.79. The summed E-state index contributed by atoms with van der Waals surface area (Å²) in [5.74, 6) is 0.298. The summed E-state index contributed by atoms with van der Waals surface area (Å²) in [7, 11) is 0. The van der Waals surface area contributed by atoms with Crippen LogP contribution in [0.4, 0.5) is 0 Å². The number of hydrogen-bond acceptors (Lipinski definition) is 4. The predicted molar refractivity (Wildman–Crippen MR) is 106 cm³/mol. The first-order valence-corrected chi connectivity index (χ1v) is 9.90. The van der Waals surface area contributed by atoms with Crippen LogP contribution in [0.5, 0.6) is 0 Å². The van der Waals surface area contributed by atoms with Gasteiger partial charge >= 0.3 is 0 Å². The van der Waals surface area contributed by atoms with E-state index in [2.05, 4.69) is 32.7 Å². The van der Waals surface area contributed by atoms with Crippen LogP contribution >= 0.6 is 0 Å². The number of piperidine rings is 1. The number of amides is 2. The highest BCUT2D eigenvalue weighted by atomic mass is 16.2. The van der Waals surface area contributed by atoms with Crippen LogP contribution in [-0.2, 0) is 16.1 Å². The highest BCUT2D eigenvalue weighted by Gasteiger charge is 2.49. The summed E-state index contributed by atoms with van der Waals surface area (Å²) in [5.41, 5.74) is 1.79. The van der Waals surface area contributed by atoms with E-state index < -0.39 is 0 Å². The Hall–Kier alpha value is -2.73. The molecular weight excluding hydrogens is 352 g/mol. The molecule has 2 saturated heterocycles. The van der Waals surface area contributed by atoms with Gasteiger partial charge < -0.3 is 10.6 Å². The molecule has 1 spiro atoms. The lowest BCUT2D eigenvalue weighted by Gasteiger charge is -2.39. The molecule has 2 N–H and O–H groups in total. The zero-order valence-electron chi connectivity index (χ0n) is 15.9. The molecule has 0 aliphatic carbocycles. The van der Waals surface area contributed by atoms with Crippen molar-refractivity contribution in [3.05, 3.63) is 66.0 Å². The van der Waals surface area contributed by atoms with Crippen molar-refractivity contribution in [3.8, 4) is 0 Å². The second kappa shape index (κ2) is 8.10. The monoisotopic (exact) mass is 378 g/mol. The zero-order valence-corrected chi connectivity index (χ0v) is 15.9. The Morgan fingerprint density at radius 2 is 2.04 bits per heavy atom. The van der Waals surface area contributed by atoms with Crippen molar-refractivity contribution in [1.82, 2.24) is 20.5 Å². The summed E-state index contributed by atoms with van der Waals surface area (Å²) in [4.78, 5) is 31.1. The molecule has 2 aliphatic heterocycles. The van der Waals surface area contributed by atoms with Crippen molar-refractivity contribution in [1.29, 1.82) is 0 Å². The molecule has 2 amide bonds. The summed E-state index contributed by atoms with van der Waals surface area (Å²) < 4.78 is 0. The molecule has 6 nitrogen and oxygen atoms in total. The number of aromatic nitrogens is 1. The first-order valence-electron chi connectivity index (χ1n) is 9.90. The van der Waals surface area contributed by atoms with Gasteiger partial charge in [-0.2, -0.15) is 0 Å². The summed E-state index contributed by atoms with van der Waals surface area (Å²) in [6.07, 6.45) is 4.16. The standard InChI is InChI=1S/C22H26N4O2/c27-20-10-6-11-22(25-20)16-26(14-19(22)17-7-2-1-3-8-17)15-21(28)24-13-18-9-4-5-12-23-18/h1-5,7-9,12,19H,6,10-11,13-16H2,(H,24,28)(H,25,27)/t19-,22+/m0/s1. The summed E-state index contributed by atoms with van der Waals surface area (Å²) >= 11 is 0. The van der Waals surface area contributed by atoms with Gasteiger partial charge in [-0.3, -0.25) is 19.5 Å². The molecule has 28 heavy (non-hydrogen) atoms. The minimum Gasteiger partial charge on any atom is -0.349 e. The molecule has 0 radical (unpaired) electrons. The second-order valence-electron chi connectivity index (χ2n) is 7.79. The van der Waals surface area contributed by atoms with Gasteiger partial charge in [0.1, 0.15) is 0 Å².